The molecule has 70 valence electrons. The van der Waals surface area contributed by atoms with Crippen LogP contribution in [0.4, 0.5) is 0 Å². The summed E-state index contributed by atoms with van der Waals surface area (Å²) in [5, 5.41) is 8.31. The zero-order valence-corrected chi connectivity index (χ0v) is 6.98. The van der Waals surface area contributed by atoms with E-state index in [9.17, 15) is 18.0 Å². The second-order valence-electron chi connectivity index (χ2n) is 2.36. The van der Waals surface area contributed by atoms with Crippen molar-refractivity contribution in [2.75, 3.05) is 0 Å². The Labute approximate surface area is 73.4 Å². The summed E-state index contributed by atoms with van der Waals surface area (Å²) in [7, 11) is -4.86. The van der Waals surface area contributed by atoms with Gasteiger partial charge in [0.25, 0.3) is 5.91 Å². The third kappa shape index (κ3) is 1.51. The minimum Gasteiger partial charge on any atom is -0.273 e. The maximum atomic E-state index is 10.9. The quantitative estimate of drug-likeness (QED) is 0.418. The molecule has 8 heteroatoms. The second kappa shape index (κ2) is 2.79. The fourth-order valence-corrected chi connectivity index (χ4v) is 1.64. The summed E-state index contributed by atoms with van der Waals surface area (Å²) in [5.41, 5.74) is 0. The monoisotopic (exact) mass is 204 g/mol. The highest BCUT2D eigenvalue weighted by molar-refractivity contribution is 7.84. The molecular weight excluding hydrogens is 200 g/mol. The topological polar surface area (TPSA) is 116 Å². The van der Waals surface area contributed by atoms with Crippen LogP contribution >= 0.6 is 0 Å². The molecule has 0 spiro atoms. The number of hydrogen-bond donors (Lipinski definition) is 1. The number of hydrogen-bond acceptors (Lipinski definition) is 5. The van der Waals surface area contributed by atoms with Gasteiger partial charge in [0.15, 0.2) is 0 Å². The molecule has 1 atom stereocenters. The maximum Gasteiger partial charge on any atom is 0.369 e. The van der Waals surface area contributed by atoms with Crippen LogP contribution in [0, 0.1) is 17.2 Å². The molecule has 0 aromatic heterocycles. The van der Waals surface area contributed by atoms with Gasteiger partial charge in [-0.25, -0.2) is 0 Å². The van der Waals surface area contributed by atoms with E-state index in [1.165, 1.54) is 6.07 Å². The zero-order chi connectivity index (χ0) is 10.2. The van der Waals surface area contributed by atoms with Gasteiger partial charge in [0.2, 0.25) is 5.91 Å². The molecule has 7 nitrogen and oxygen atoms in total. The molecule has 0 aromatic rings. The van der Waals surface area contributed by atoms with Crippen LogP contribution in [0.15, 0.2) is 0 Å². The van der Waals surface area contributed by atoms with Gasteiger partial charge in [-0.3, -0.25) is 14.1 Å². The summed E-state index contributed by atoms with van der Waals surface area (Å²) in [6, 6.07) is 1.46. The first kappa shape index (κ1) is 9.63. The molecule has 1 aliphatic heterocycles. The predicted molar refractivity (Wildman–Crippen MR) is 37.1 cm³/mol. The minimum absolute atomic E-state index is 0.291. The van der Waals surface area contributed by atoms with Crippen LogP contribution in [0.25, 0.3) is 0 Å². The molecule has 2 amide bonds. The fraction of sp³-hybridized carbons (Fsp3) is 0.400. The van der Waals surface area contributed by atoms with E-state index in [0.29, 0.717) is 0 Å². The highest BCUT2D eigenvalue weighted by Crippen LogP contribution is 2.20. The average Bonchev–Trinajstić information content (AvgIpc) is 2.24. The van der Waals surface area contributed by atoms with E-state index in [4.69, 9.17) is 9.81 Å². The lowest BCUT2D eigenvalue weighted by Crippen LogP contribution is -2.36. The molecule has 0 saturated carbocycles. The number of rotatable bonds is 1. The summed E-state index contributed by atoms with van der Waals surface area (Å²) in [5.74, 6) is -3.59. The van der Waals surface area contributed by atoms with E-state index in [0.717, 1.165) is 0 Å². The van der Waals surface area contributed by atoms with Gasteiger partial charge in [0.1, 0.15) is 5.92 Å². The van der Waals surface area contributed by atoms with Crippen LogP contribution in [-0.2, 0) is 19.9 Å². The van der Waals surface area contributed by atoms with Gasteiger partial charge in [-0.05, 0) is 0 Å². The third-order valence-electron chi connectivity index (χ3n) is 1.49. The molecule has 13 heavy (non-hydrogen) atoms. The Bertz CT molecular complexity index is 405. The molecule has 1 rings (SSSR count). The minimum atomic E-state index is -4.86. The highest BCUT2D eigenvalue weighted by Gasteiger charge is 2.45. The number of imide groups is 1. The molecule has 1 aliphatic rings. The second-order valence-corrected chi connectivity index (χ2v) is 3.62. The van der Waals surface area contributed by atoms with Crippen LogP contribution in [0.2, 0.25) is 0 Å². The van der Waals surface area contributed by atoms with E-state index in [-0.39, 0.29) is 4.31 Å². The van der Waals surface area contributed by atoms with E-state index in [1.807, 2.05) is 0 Å². The Morgan fingerprint density at radius 3 is 2.31 bits per heavy atom. The van der Waals surface area contributed by atoms with Crippen LogP contribution in [0.5, 0.6) is 0 Å². The molecule has 0 bridgehead atoms. The van der Waals surface area contributed by atoms with Crippen molar-refractivity contribution < 1.29 is 22.6 Å². The summed E-state index contributed by atoms with van der Waals surface area (Å²) in [6.07, 6.45) is -0.505. The van der Waals surface area contributed by atoms with Crippen molar-refractivity contribution >= 4 is 22.1 Å². The van der Waals surface area contributed by atoms with Crippen molar-refractivity contribution in [3.63, 3.8) is 0 Å². The SMILES string of the molecule is N#CC1CC(=O)N(S(=O)(=O)O)C1=O. The highest BCUT2D eigenvalue weighted by atomic mass is 32.2. The lowest BCUT2D eigenvalue weighted by atomic mass is 10.1. The Balaban J connectivity index is 3.12. The van der Waals surface area contributed by atoms with Crippen molar-refractivity contribution in [2.24, 2.45) is 5.92 Å². The van der Waals surface area contributed by atoms with Gasteiger partial charge < -0.3 is 0 Å². The largest absolute Gasteiger partial charge is 0.369 e. The molecule has 1 unspecified atom stereocenters. The number of nitrogens with zero attached hydrogens (tertiary/aromatic N) is 2. The molecular formula is C5H4N2O5S. The Morgan fingerprint density at radius 2 is 2.08 bits per heavy atom. The van der Waals surface area contributed by atoms with Gasteiger partial charge >= 0.3 is 10.3 Å². The van der Waals surface area contributed by atoms with Gasteiger partial charge in [-0.15, -0.1) is 4.31 Å². The number of carbonyl (C=O) groups excluding carboxylic acids is 2. The standard InChI is InChI=1S/C5H4N2O5S/c6-2-3-1-4(8)7(5(3)9)13(10,11)12/h3H,1H2,(H,10,11,12). The molecule has 1 saturated heterocycles. The van der Waals surface area contributed by atoms with E-state index < -0.39 is 34.5 Å². The first-order chi connectivity index (χ1) is 5.88. The fourth-order valence-electron chi connectivity index (χ4n) is 0.953. The summed E-state index contributed by atoms with van der Waals surface area (Å²) in [4.78, 5) is 21.8. The summed E-state index contributed by atoms with van der Waals surface area (Å²) < 4.78 is 29.0. The van der Waals surface area contributed by atoms with Crippen LogP contribution in [0.1, 0.15) is 6.42 Å². The smallest absolute Gasteiger partial charge is 0.273 e. The molecule has 0 radical (unpaired) electrons. The number of nitriles is 1. The van der Waals surface area contributed by atoms with E-state index >= 15 is 0 Å². The lowest BCUT2D eigenvalue weighted by molar-refractivity contribution is -0.133. The van der Waals surface area contributed by atoms with Gasteiger partial charge in [0, 0.05) is 0 Å². The molecule has 1 fully saturated rings. The van der Waals surface area contributed by atoms with Crippen molar-refractivity contribution in [1.82, 2.24) is 4.31 Å². The molecule has 1 heterocycles. The van der Waals surface area contributed by atoms with Gasteiger partial charge in [-0.2, -0.15) is 13.7 Å². The number of carbonyl (C=O) groups is 2. The van der Waals surface area contributed by atoms with Crippen molar-refractivity contribution in [1.29, 1.82) is 5.26 Å². The van der Waals surface area contributed by atoms with Gasteiger partial charge in [-0.1, -0.05) is 0 Å². The first-order valence-corrected chi connectivity index (χ1v) is 4.51. The molecule has 0 aliphatic carbocycles. The summed E-state index contributed by atoms with van der Waals surface area (Å²) in [6.45, 7) is 0. The summed E-state index contributed by atoms with van der Waals surface area (Å²) >= 11 is 0. The predicted octanol–water partition coefficient (Wildman–Crippen LogP) is -1.31. The Hall–Kier alpha value is -1.46. The Morgan fingerprint density at radius 1 is 1.54 bits per heavy atom. The van der Waals surface area contributed by atoms with Crippen LogP contribution in [0.3, 0.4) is 0 Å². The lowest BCUT2D eigenvalue weighted by Gasteiger charge is -2.07. The van der Waals surface area contributed by atoms with E-state index in [2.05, 4.69) is 0 Å². The van der Waals surface area contributed by atoms with Crippen LogP contribution in [-0.4, -0.2) is 29.1 Å². The zero-order valence-electron chi connectivity index (χ0n) is 6.17. The van der Waals surface area contributed by atoms with E-state index in [1.54, 1.807) is 0 Å². The van der Waals surface area contributed by atoms with Crippen molar-refractivity contribution in [3.05, 3.63) is 0 Å². The van der Waals surface area contributed by atoms with Crippen molar-refractivity contribution in [2.45, 2.75) is 6.42 Å². The van der Waals surface area contributed by atoms with Crippen LogP contribution < -0.4 is 0 Å². The third-order valence-corrected chi connectivity index (χ3v) is 2.34. The Kier molecular flexibility index (Phi) is 2.07. The molecule has 0 aromatic carbocycles. The van der Waals surface area contributed by atoms with Gasteiger partial charge in [0.05, 0.1) is 12.5 Å². The van der Waals surface area contributed by atoms with Crippen molar-refractivity contribution in [3.8, 4) is 6.07 Å². The normalized spacial score (nSPS) is 23.4. The molecule has 1 N–H and O–H groups in total. The maximum absolute atomic E-state index is 10.9. The average molecular weight is 204 g/mol. The number of amides is 2. The first-order valence-electron chi connectivity index (χ1n) is 3.12.